The fourth-order valence-electron chi connectivity index (χ4n) is 2.95. The van der Waals surface area contributed by atoms with Gasteiger partial charge in [0.1, 0.15) is 17.3 Å². The Hall–Kier alpha value is -3.61. The van der Waals surface area contributed by atoms with Crippen LogP contribution in [0, 0.1) is 6.92 Å². The highest BCUT2D eigenvalue weighted by atomic mass is 16.7. The molecule has 0 radical (unpaired) electrons. The maximum Gasteiger partial charge on any atom is 0.270 e. The van der Waals surface area contributed by atoms with Crippen LogP contribution in [0.5, 0.6) is 11.5 Å². The summed E-state index contributed by atoms with van der Waals surface area (Å²) in [4.78, 5) is 23.3. The number of nitrogens with zero attached hydrogens (tertiary/aromatic N) is 3. The summed E-state index contributed by atoms with van der Waals surface area (Å²) in [6, 6.07) is 17.1. The molecule has 1 amide bonds. The molecule has 0 fully saturated rings. The van der Waals surface area contributed by atoms with Gasteiger partial charge in [-0.25, -0.2) is 9.97 Å². The van der Waals surface area contributed by atoms with Gasteiger partial charge in [0.2, 0.25) is 6.79 Å². The van der Waals surface area contributed by atoms with E-state index in [1.807, 2.05) is 60.5 Å². The predicted octanol–water partition coefficient (Wildman–Crippen LogP) is 3.21. The molecule has 0 spiro atoms. The number of carbonyl (C=O) groups is 1. The lowest BCUT2D eigenvalue weighted by Crippen LogP contribution is -2.25. The molecule has 0 atom stereocenters. The number of nitrogens with one attached hydrogen (secondary N) is 1. The SMILES string of the molecule is Cc1nc(C(=O)NCc2ccc3c(c2)OCO3)cc(N(C)c2ccccc2)n1. The maximum atomic E-state index is 12.6. The molecule has 0 saturated heterocycles. The first kappa shape index (κ1) is 17.8. The Bertz CT molecular complexity index is 1010. The lowest BCUT2D eigenvalue weighted by Gasteiger charge is -2.19. The molecule has 4 rings (SSSR count). The number of hydrogen-bond acceptors (Lipinski definition) is 6. The molecule has 2 heterocycles. The Morgan fingerprint density at radius 1 is 1.07 bits per heavy atom. The standard InChI is InChI=1S/C21H20N4O3/c1-14-23-17(11-20(24-14)25(2)16-6-4-3-5-7-16)21(26)22-12-15-8-9-18-19(10-15)28-13-27-18/h3-11H,12-13H2,1-2H3,(H,22,26). The molecule has 3 aromatic rings. The van der Waals surface area contributed by atoms with Gasteiger partial charge in [0, 0.05) is 25.3 Å². The second-order valence-corrected chi connectivity index (χ2v) is 6.42. The number of benzene rings is 2. The van der Waals surface area contributed by atoms with Crippen LogP contribution < -0.4 is 19.7 Å². The lowest BCUT2D eigenvalue weighted by atomic mass is 10.2. The largest absolute Gasteiger partial charge is 0.454 e. The predicted molar refractivity (Wildman–Crippen MR) is 105 cm³/mol. The monoisotopic (exact) mass is 376 g/mol. The molecule has 1 aromatic heterocycles. The van der Waals surface area contributed by atoms with Gasteiger partial charge in [0.15, 0.2) is 11.5 Å². The van der Waals surface area contributed by atoms with Crippen molar-refractivity contribution in [3.8, 4) is 11.5 Å². The van der Waals surface area contributed by atoms with Crippen molar-refractivity contribution in [1.29, 1.82) is 0 Å². The fourth-order valence-corrected chi connectivity index (χ4v) is 2.95. The van der Waals surface area contributed by atoms with Gasteiger partial charge in [-0.2, -0.15) is 0 Å². The number of amides is 1. The van der Waals surface area contributed by atoms with E-state index in [4.69, 9.17) is 9.47 Å². The highest BCUT2D eigenvalue weighted by Crippen LogP contribution is 2.32. The van der Waals surface area contributed by atoms with Crippen LogP contribution in [-0.4, -0.2) is 29.7 Å². The van der Waals surface area contributed by atoms with Crippen LogP contribution >= 0.6 is 0 Å². The first-order valence-corrected chi connectivity index (χ1v) is 8.91. The number of aromatic nitrogens is 2. The number of para-hydroxylation sites is 1. The average molecular weight is 376 g/mol. The van der Waals surface area contributed by atoms with E-state index in [0.717, 1.165) is 17.0 Å². The number of carbonyl (C=O) groups excluding carboxylic acids is 1. The molecular formula is C21H20N4O3. The summed E-state index contributed by atoms with van der Waals surface area (Å²) in [5, 5.41) is 2.90. The smallest absolute Gasteiger partial charge is 0.270 e. The fraction of sp³-hybridized carbons (Fsp3) is 0.190. The molecule has 28 heavy (non-hydrogen) atoms. The molecule has 7 nitrogen and oxygen atoms in total. The molecule has 1 aliphatic rings. The summed E-state index contributed by atoms with van der Waals surface area (Å²) in [5.41, 5.74) is 2.23. The molecule has 2 aromatic carbocycles. The van der Waals surface area contributed by atoms with E-state index >= 15 is 0 Å². The van der Waals surface area contributed by atoms with Crippen LogP contribution in [0.2, 0.25) is 0 Å². The van der Waals surface area contributed by atoms with Crippen LogP contribution in [-0.2, 0) is 6.54 Å². The topological polar surface area (TPSA) is 76.6 Å². The molecular weight excluding hydrogens is 356 g/mol. The van der Waals surface area contributed by atoms with Crippen LogP contribution in [0.4, 0.5) is 11.5 Å². The Morgan fingerprint density at radius 3 is 2.68 bits per heavy atom. The second kappa shape index (κ2) is 7.56. The zero-order chi connectivity index (χ0) is 19.5. The van der Waals surface area contributed by atoms with E-state index in [1.54, 1.807) is 13.0 Å². The van der Waals surface area contributed by atoms with Crippen LogP contribution in [0.3, 0.4) is 0 Å². The number of aryl methyl sites for hydroxylation is 1. The van der Waals surface area contributed by atoms with E-state index in [1.165, 1.54) is 0 Å². The van der Waals surface area contributed by atoms with Crippen molar-refractivity contribution < 1.29 is 14.3 Å². The summed E-state index contributed by atoms with van der Waals surface area (Å²) in [5.74, 6) is 2.35. The van der Waals surface area contributed by atoms with Gasteiger partial charge in [-0.3, -0.25) is 4.79 Å². The molecule has 7 heteroatoms. The van der Waals surface area contributed by atoms with Crippen LogP contribution in [0.25, 0.3) is 0 Å². The van der Waals surface area contributed by atoms with Gasteiger partial charge in [0.25, 0.3) is 5.91 Å². The van der Waals surface area contributed by atoms with Crippen LogP contribution in [0.1, 0.15) is 21.9 Å². The van der Waals surface area contributed by atoms with E-state index in [-0.39, 0.29) is 12.7 Å². The summed E-state index contributed by atoms with van der Waals surface area (Å²) in [7, 11) is 1.91. The molecule has 1 aliphatic heterocycles. The van der Waals surface area contributed by atoms with Gasteiger partial charge in [-0.1, -0.05) is 24.3 Å². The minimum Gasteiger partial charge on any atom is -0.454 e. The van der Waals surface area contributed by atoms with Crippen molar-refractivity contribution in [1.82, 2.24) is 15.3 Å². The van der Waals surface area contributed by atoms with Crippen molar-refractivity contribution in [2.45, 2.75) is 13.5 Å². The first-order chi connectivity index (χ1) is 13.6. The van der Waals surface area contributed by atoms with Crippen LogP contribution in [0.15, 0.2) is 54.6 Å². The quantitative estimate of drug-likeness (QED) is 0.737. The molecule has 0 aliphatic carbocycles. The molecule has 142 valence electrons. The normalized spacial score (nSPS) is 11.9. The summed E-state index contributed by atoms with van der Waals surface area (Å²) < 4.78 is 10.7. The lowest BCUT2D eigenvalue weighted by molar-refractivity contribution is 0.0945. The minimum absolute atomic E-state index is 0.225. The van der Waals surface area contributed by atoms with E-state index in [9.17, 15) is 4.79 Å². The van der Waals surface area contributed by atoms with Gasteiger partial charge >= 0.3 is 0 Å². The Kier molecular flexibility index (Phi) is 4.80. The second-order valence-electron chi connectivity index (χ2n) is 6.42. The highest BCUT2D eigenvalue weighted by Gasteiger charge is 2.16. The van der Waals surface area contributed by atoms with Crippen molar-refractivity contribution in [3.05, 3.63) is 71.7 Å². The van der Waals surface area contributed by atoms with Crippen molar-refractivity contribution in [2.24, 2.45) is 0 Å². The zero-order valence-corrected chi connectivity index (χ0v) is 15.7. The zero-order valence-electron chi connectivity index (χ0n) is 15.7. The van der Waals surface area contributed by atoms with Gasteiger partial charge in [-0.05, 0) is 36.8 Å². The number of fused-ring (bicyclic) bond motifs is 1. The summed E-state index contributed by atoms with van der Waals surface area (Å²) in [6.07, 6.45) is 0. The Morgan fingerprint density at radius 2 is 1.86 bits per heavy atom. The summed E-state index contributed by atoms with van der Waals surface area (Å²) in [6.45, 7) is 2.36. The van der Waals surface area contributed by atoms with Gasteiger partial charge in [0.05, 0.1) is 0 Å². The highest BCUT2D eigenvalue weighted by molar-refractivity contribution is 5.93. The number of hydrogen-bond donors (Lipinski definition) is 1. The number of anilines is 2. The third-order valence-corrected chi connectivity index (χ3v) is 4.43. The third kappa shape index (κ3) is 3.73. The number of ether oxygens (including phenoxy) is 2. The molecule has 0 unspecified atom stereocenters. The van der Waals surface area contributed by atoms with E-state index in [0.29, 0.717) is 29.6 Å². The van der Waals surface area contributed by atoms with Gasteiger partial charge in [-0.15, -0.1) is 0 Å². The molecule has 0 bridgehead atoms. The molecule has 0 saturated carbocycles. The molecule has 1 N–H and O–H groups in total. The average Bonchev–Trinajstić information content (AvgIpc) is 3.19. The maximum absolute atomic E-state index is 12.6. The van der Waals surface area contributed by atoms with Crippen molar-refractivity contribution >= 4 is 17.4 Å². The van der Waals surface area contributed by atoms with E-state index in [2.05, 4.69) is 15.3 Å². The Labute approximate surface area is 163 Å². The van der Waals surface area contributed by atoms with Crippen molar-refractivity contribution in [2.75, 3.05) is 18.7 Å². The third-order valence-electron chi connectivity index (χ3n) is 4.43. The summed E-state index contributed by atoms with van der Waals surface area (Å²) >= 11 is 0. The Balaban J connectivity index is 1.49. The van der Waals surface area contributed by atoms with E-state index < -0.39 is 0 Å². The number of rotatable bonds is 5. The van der Waals surface area contributed by atoms with Gasteiger partial charge < -0.3 is 19.7 Å². The van der Waals surface area contributed by atoms with Crippen molar-refractivity contribution in [3.63, 3.8) is 0 Å². The first-order valence-electron chi connectivity index (χ1n) is 8.91. The minimum atomic E-state index is -0.258.